The van der Waals surface area contributed by atoms with E-state index in [1.54, 1.807) is 48.7 Å². The average molecular weight is 413 g/mol. The predicted molar refractivity (Wildman–Crippen MR) is 110 cm³/mol. The molecule has 0 saturated heterocycles. The third kappa shape index (κ3) is 3.97. The molecule has 2 aromatic rings. The van der Waals surface area contributed by atoms with Crippen molar-refractivity contribution in [2.45, 2.75) is 17.9 Å². The lowest BCUT2D eigenvalue weighted by atomic mass is 9.79. The highest BCUT2D eigenvalue weighted by Crippen LogP contribution is 2.27. The lowest BCUT2D eigenvalue weighted by Crippen LogP contribution is -2.28. The Kier molecular flexibility index (Phi) is 5.51. The van der Waals surface area contributed by atoms with Crippen LogP contribution in [0.2, 0.25) is 0 Å². The maximum Gasteiger partial charge on any atom is 0.491 e. The Morgan fingerprint density at radius 2 is 2.17 bits per heavy atom. The molecular formula is C19H20BN3O5S. The van der Waals surface area contributed by atoms with E-state index < -0.39 is 17.1 Å². The van der Waals surface area contributed by atoms with Gasteiger partial charge in [0, 0.05) is 25.8 Å². The molecule has 0 atom stereocenters. The van der Waals surface area contributed by atoms with Crippen LogP contribution in [0.1, 0.15) is 23.1 Å². The third-order valence-electron chi connectivity index (χ3n) is 4.75. The fraction of sp³-hybridized carbons (Fsp3) is 0.263. The van der Waals surface area contributed by atoms with Crippen LogP contribution in [0.4, 0.5) is 0 Å². The molecule has 4 rings (SSSR count). The van der Waals surface area contributed by atoms with Crippen molar-refractivity contribution in [3.05, 3.63) is 59.2 Å². The number of amidine groups is 1. The zero-order chi connectivity index (χ0) is 20.4. The van der Waals surface area contributed by atoms with E-state index in [9.17, 15) is 13.4 Å². The smallest absolute Gasteiger partial charge is 0.423 e. The second kappa shape index (κ2) is 8.07. The van der Waals surface area contributed by atoms with Gasteiger partial charge in [0.25, 0.3) is 10.0 Å². The van der Waals surface area contributed by atoms with Crippen molar-refractivity contribution >= 4 is 34.7 Å². The van der Waals surface area contributed by atoms with Crippen LogP contribution < -0.4 is 5.46 Å². The normalized spacial score (nSPS) is 16.8. The quantitative estimate of drug-likeness (QED) is 0.324. The van der Waals surface area contributed by atoms with Crippen LogP contribution in [-0.4, -0.2) is 57.9 Å². The number of hydrazone groups is 1. The molecule has 29 heavy (non-hydrogen) atoms. The van der Waals surface area contributed by atoms with Crippen molar-refractivity contribution in [1.29, 1.82) is 0 Å². The van der Waals surface area contributed by atoms with Crippen LogP contribution in [0.3, 0.4) is 0 Å². The van der Waals surface area contributed by atoms with E-state index in [1.807, 2.05) is 12.1 Å². The van der Waals surface area contributed by atoms with Crippen molar-refractivity contribution < 1.29 is 22.8 Å². The molecule has 0 spiro atoms. The third-order valence-corrected chi connectivity index (χ3v) is 6.08. The van der Waals surface area contributed by atoms with E-state index in [0.717, 1.165) is 16.6 Å². The van der Waals surface area contributed by atoms with Gasteiger partial charge in [0.1, 0.15) is 4.90 Å². The minimum absolute atomic E-state index is 0.186. The summed E-state index contributed by atoms with van der Waals surface area (Å²) in [5.74, 6) is 0.299. The number of hydrogen-bond donors (Lipinski definition) is 1. The molecule has 10 heteroatoms. The van der Waals surface area contributed by atoms with Gasteiger partial charge in [-0.05, 0) is 41.2 Å². The molecule has 0 amide bonds. The molecule has 2 aliphatic heterocycles. The summed E-state index contributed by atoms with van der Waals surface area (Å²) in [7, 11) is -3.01. The minimum atomic E-state index is -3.73. The van der Waals surface area contributed by atoms with Gasteiger partial charge in [0.15, 0.2) is 5.84 Å². The number of hydrogen-bond acceptors (Lipinski definition) is 7. The largest absolute Gasteiger partial charge is 0.491 e. The first-order valence-corrected chi connectivity index (χ1v) is 10.6. The van der Waals surface area contributed by atoms with E-state index in [-0.39, 0.29) is 4.90 Å². The van der Waals surface area contributed by atoms with Crippen LogP contribution in [0, 0.1) is 0 Å². The van der Waals surface area contributed by atoms with Gasteiger partial charge in [-0.25, -0.2) is 5.01 Å². The van der Waals surface area contributed by atoms with Crippen molar-refractivity contribution in [2.75, 3.05) is 20.3 Å². The van der Waals surface area contributed by atoms with Gasteiger partial charge in [0.2, 0.25) is 0 Å². The molecule has 0 saturated carbocycles. The fourth-order valence-corrected chi connectivity index (χ4v) is 4.52. The standard InChI is InChI=1S/C19H20BN3O5S/c1-27-10-4-9-23(19-16-5-2-3-6-18(16)29(25,26)22-19)21-12-14-7-8-17-15(11-14)13-28-20(17)24/h2-3,5-8,11-12,24H,4,9-10,13H2,1H3/b21-12+. The number of nitrogens with zero attached hydrogens (tertiary/aromatic N) is 3. The zero-order valence-corrected chi connectivity index (χ0v) is 16.7. The number of ether oxygens (including phenoxy) is 1. The molecule has 8 nitrogen and oxygen atoms in total. The molecule has 0 unspecified atom stereocenters. The van der Waals surface area contributed by atoms with Gasteiger partial charge < -0.3 is 14.4 Å². The molecule has 0 radical (unpaired) electrons. The summed E-state index contributed by atoms with van der Waals surface area (Å²) in [6, 6.07) is 12.2. The molecule has 0 aromatic heterocycles. The van der Waals surface area contributed by atoms with Crippen molar-refractivity contribution in [3.63, 3.8) is 0 Å². The van der Waals surface area contributed by atoms with Gasteiger partial charge in [-0.2, -0.15) is 13.5 Å². The molecule has 150 valence electrons. The second-order valence-corrected chi connectivity index (χ2v) is 8.29. The second-order valence-electron chi connectivity index (χ2n) is 6.72. The molecule has 2 heterocycles. The Bertz CT molecular complexity index is 1090. The van der Waals surface area contributed by atoms with Crippen LogP contribution in [-0.2, 0) is 26.0 Å². The minimum Gasteiger partial charge on any atom is -0.423 e. The Morgan fingerprint density at radius 1 is 1.34 bits per heavy atom. The van der Waals surface area contributed by atoms with E-state index in [4.69, 9.17) is 9.39 Å². The molecule has 2 aliphatic rings. The van der Waals surface area contributed by atoms with Gasteiger partial charge in [-0.3, -0.25) is 0 Å². The Hall–Kier alpha value is -2.53. The highest BCUT2D eigenvalue weighted by atomic mass is 32.2. The van der Waals surface area contributed by atoms with Crippen LogP contribution in [0.5, 0.6) is 0 Å². The summed E-state index contributed by atoms with van der Waals surface area (Å²) in [5.41, 5.74) is 3.00. The Balaban J connectivity index is 1.64. The summed E-state index contributed by atoms with van der Waals surface area (Å²) in [5, 5.41) is 15.8. The van der Waals surface area contributed by atoms with Gasteiger partial charge >= 0.3 is 7.12 Å². The monoisotopic (exact) mass is 413 g/mol. The van der Waals surface area contributed by atoms with E-state index in [2.05, 4.69) is 9.50 Å². The molecular weight excluding hydrogens is 393 g/mol. The number of fused-ring (bicyclic) bond motifs is 2. The highest BCUT2D eigenvalue weighted by Gasteiger charge is 2.31. The van der Waals surface area contributed by atoms with E-state index in [0.29, 0.717) is 37.6 Å². The molecule has 0 aliphatic carbocycles. The SMILES string of the molecule is COCCCN(/N=C/c1ccc2c(c1)COB2O)C1=NS(=O)(=O)c2ccccc21. The molecule has 2 aromatic carbocycles. The molecule has 1 N–H and O–H groups in total. The Labute approximate surface area is 169 Å². The van der Waals surface area contributed by atoms with Crippen LogP contribution in [0.25, 0.3) is 0 Å². The predicted octanol–water partition coefficient (Wildman–Crippen LogP) is 0.726. The van der Waals surface area contributed by atoms with E-state index >= 15 is 0 Å². The summed E-state index contributed by atoms with van der Waals surface area (Å²) < 4.78 is 39.1. The lowest BCUT2D eigenvalue weighted by molar-refractivity contribution is 0.187. The van der Waals surface area contributed by atoms with E-state index in [1.165, 1.54) is 0 Å². The number of benzene rings is 2. The molecule has 0 bridgehead atoms. The van der Waals surface area contributed by atoms with Crippen LogP contribution >= 0.6 is 0 Å². The average Bonchev–Trinajstić information content (AvgIpc) is 3.22. The maximum absolute atomic E-state index is 12.4. The zero-order valence-electron chi connectivity index (χ0n) is 15.9. The summed E-state index contributed by atoms with van der Waals surface area (Å²) in [4.78, 5) is 0.186. The number of methoxy groups -OCH3 is 1. The number of rotatable bonds is 6. The lowest BCUT2D eigenvalue weighted by Gasteiger charge is -2.18. The maximum atomic E-state index is 12.4. The first kappa shape index (κ1) is 19.8. The van der Waals surface area contributed by atoms with Crippen molar-refractivity contribution in [1.82, 2.24) is 5.01 Å². The van der Waals surface area contributed by atoms with Crippen LogP contribution in [0.15, 0.2) is 56.9 Å². The number of sulfonamides is 1. The topological polar surface area (TPSA) is 101 Å². The summed E-state index contributed by atoms with van der Waals surface area (Å²) >= 11 is 0. The fourth-order valence-electron chi connectivity index (χ4n) is 3.32. The molecule has 0 fully saturated rings. The summed E-state index contributed by atoms with van der Waals surface area (Å²) in [6.45, 7) is 1.30. The highest BCUT2D eigenvalue weighted by molar-refractivity contribution is 7.90. The van der Waals surface area contributed by atoms with Crippen molar-refractivity contribution in [2.24, 2.45) is 9.50 Å². The van der Waals surface area contributed by atoms with Gasteiger partial charge in [-0.15, -0.1) is 4.40 Å². The summed E-state index contributed by atoms with van der Waals surface area (Å²) in [6.07, 6.45) is 2.30. The van der Waals surface area contributed by atoms with Gasteiger partial charge in [0.05, 0.1) is 12.8 Å². The Morgan fingerprint density at radius 3 is 3.00 bits per heavy atom. The first-order chi connectivity index (χ1) is 14.0. The van der Waals surface area contributed by atoms with Crippen molar-refractivity contribution in [3.8, 4) is 0 Å². The first-order valence-electron chi connectivity index (χ1n) is 9.17. The van der Waals surface area contributed by atoms with Gasteiger partial charge in [-0.1, -0.05) is 24.3 Å².